The number of rotatable bonds is 9. The number of hydrogen-bond acceptors (Lipinski definition) is 8. The van der Waals surface area contributed by atoms with Crippen LogP contribution in [0.1, 0.15) is 35.5 Å². The number of nitrogens with one attached hydrogen (secondary N) is 1. The van der Waals surface area contributed by atoms with E-state index in [9.17, 15) is 14.4 Å². The van der Waals surface area contributed by atoms with E-state index in [0.29, 0.717) is 34.2 Å². The van der Waals surface area contributed by atoms with Crippen molar-refractivity contribution < 1.29 is 23.8 Å². The van der Waals surface area contributed by atoms with E-state index in [-0.39, 0.29) is 24.3 Å². The fraction of sp³-hybridized carbons (Fsp3) is 0.259. The molecule has 0 spiro atoms. The monoisotopic (exact) mass is 521 g/mol. The molecule has 192 valence electrons. The van der Waals surface area contributed by atoms with E-state index in [2.05, 4.69) is 10.4 Å². The van der Waals surface area contributed by atoms with Crippen molar-refractivity contribution >= 4 is 39.0 Å². The highest BCUT2D eigenvalue weighted by atomic mass is 32.1. The highest BCUT2D eigenvalue weighted by Gasteiger charge is 2.23. The fourth-order valence-corrected chi connectivity index (χ4v) is 4.59. The summed E-state index contributed by atoms with van der Waals surface area (Å²) >= 11 is 1.13. The lowest BCUT2D eigenvalue weighted by Crippen LogP contribution is -2.26. The van der Waals surface area contributed by atoms with E-state index < -0.39 is 17.4 Å². The summed E-state index contributed by atoms with van der Waals surface area (Å²) in [6, 6.07) is 12.4. The molecule has 9 nitrogen and oxygen atoms in total. The van der Waals surface area contributed by atoms with Gasteiger partial charge in [-0.3, -0.25) is 9.59 Å². The van der Waals surface area contributed by atoms with Gasteiger partial charge in [0.15, 0.2) is 12.3 Å². The van der Waals surface area contributed by atoms with Crippen LogP contribution in [0.4, 0.5) is 5.00 Å². The quantitative estimate of drug-likeness (QED) is 0.319. The Morgan fingerprint density at radius 3 is 2.32 bits per heavy atom. The van der Waals surface area contributed by atoms with E-state index in [1.807, 2.05) is 32.9 Å². The van der Waals surface area contributed by atoms with E-state index in [1.54, 1.807) is 42.6 Å². The number of aromatic nitrogens is 2. The first-order valence-corrected chi connectivity index (χ1v) is 12.6. The number of esters is 1. The van der Waals surface area contributed by atoms with Gasteiger partial charge < -0.3 is 19.5 Å². The SMILES string of the molecule is CCOC(=O)c1nn(-c2ccc(C)c(C)c2)c(=O)c2c(NC(=O)COc3ccc(OCC)cc3)scc12. The Morgan fingerprint density at radius 1 is 0.973 bits per heavy atom. The summed E-state index contributed by atoms with van der Waals surface area (Å²) in [5.41, 5.74) is 2.06. The summed E-state index contributed by atoms with van der Waals surface area (Å²) in [7, 11) is 0. The Labute approximate surface area is 217 Å². The Morgan fingerprint density at radius 2 is 1.68 bits per heavy atom. The molecule has 0 saturated carbocycles. The summed E-state index contributed by atoms with van der Waals surface area (Å²) < 4.78 is 17.3. The van der Waals surface area contributed by atoms with Crippen molar-refractivity contribution in [3.8, 4) is 17.2 Å². The third-order valence-corrected chi connectivity index (χ3v) is 6.51. The summed E-state index contributed by atoms with van der Waals surface area (Å²) in [5.74, 6) is 0.0970. The molecule has 0 bridgehead atoms. The number of hydrogen-bond donors (Lipinski definition) is 1. The van der Waals surface area contributed by atoms with Crippen molar-refractivity contribution in [2.75, 3.05) is 25.1 Å². The van der Waals surface area contributed by atoms with Gasteiger partial charge in [-0.15, -0.1) is 11.3 Å². The van der Waals surface area contributed by atoms with Crippen LogP contribution in [-0.2, 0) is 9.53 Å². The number of nitrogens with zero attached hydrogens (tertiary/aromatic N) is 2. The van der Waals surface area contributed by atoms with Gasteiger partial charge in [-0.2, -0.15) is 9.78 Å². The van der Waals surface area contributed by atoms with Crippen molar-refractivity contribution in [3.05, 3.63) is 75.0 Å². The minimum atomic E-state index is -0.653. The van der Waals surface area contributed by atoms with Crippen molar-refractivity contribution in [3.63, 3.8) is 0 Å². The maximum atomic E-state index is 13.5. The maximum absolute atomic E-state index is 13.5. The number of carbonyl (C=O) groups is 2. The minimum Gasteiger partial charge on any atom is -0.494 e. The highest BCUT2D eigenvalue weighted by molar-refractivity contribution is 7.16. The van der Waals surface area contributed by atoms with Crippen LogP contribution in [0, 0.1) is 13.8 Å². The average molecular weight is 522 g/mol. The van der Waals surface area contributed by atoms with Gasteiger partial charge in [0.05, 0.1) is 24.3 Å². The average Bonchev–Trinajstić information content (AvgIpc) is 3.30. The second kappa shape index (κ2) is 11.3. The first-order valence-electron chi connectivity index (χ1n) is 11.8. The Hall–Kier alpha value is -4.18. The molecule has 37 heavy (non-hydrogen) atoms. The lowest BCUT2D eigenvalue weighted by atomic mass is 10.1. The smallest absolute Gasteiger partial charge is 0.359 e. The van der Waals surface area contributed by atoms with Gasteiger partial charge in [-0.25, -0.2) is 4.79 Å². The van der Waals surface area contributed by atoms with Crippen LogP contribution in [0.15, 0.2) is 52.6 Å². The molecule has 0 aliphatic rings. The second-order valence-electron chi connectivity index (χ2n) is 8.15. The minimum absolute atomic E-state index is 0.00272. The molecule has 1 N–H and O–H groups in total. The molecule has 2 aromatic carbocycles. The van der Waals surface area contributed by atoms with Crippen LogP contribution in [0.5, 0.6) is 11.5 Å². The predicted molar refractivity (Wildman–Crippen MR) is 142 cm³/mol. The van der Waals surface area contributed by atoms with E-state index in [0.717, 1.165) is 22.5 Å². The van der Waals surface area contributed by atoms with Gasteiger partial charge in [0.1, 0.15) is 16.5 Å². The molecule has 0 aliphatic heterocycles. The van der Waals surface area contributed by atoms with Crippen molar-refractivity contribution in [2.24, 2.45) is 0 Å². The number of amides is 1. The number of ether oxygens (including phenoxy) is 3. The van der Waals surface area contributed by atoms with Crippen molar-refractivity contribution in [2.45, 2.75) is 27.7 Å². The lowest BCUT2D eigenvalue weighted by Gasteiger charge is -2.11. The molecular formula is C27H27N3O6S. The molecule has 2 heterocycles. The second-order valence-corrected chi connectivity index (χ2v) is 9.03. The zero-order valence-electron chi connectivity index (χ0n) is 21.0. The Balaban J connectivity index is 1.66. The first-order chi connectivity index (χ1) is 17.8. The largest absolute Gasteiger partial charge is 0.494 e. The van der Waals surface area contributed by atoms with Crippen LogP contribution in [0.2, 0.25) is 0 Å². The first kappa shape index (κ1) is 25.9. The number of anilines is 1. The zero-order chi connectivity index (χ0) is 26.5. The van der Waals surface area contributed by atoms with Gasteiger partial charge in [0.25, 0.3) is 11.5 Å². The molecule has 4 rings (SSSR count). The van der Waals surface area contributed by atoms with Gasteiger partial charge in [-0.05, 0) is 75.2 Å². The molecule has 0 saturated heterocycles. The van der Waals surface area contributed by atoms with Crippen LogP contribution in [0.25, 0.3) is 16.5 Å². The third-order valence-electron chi connectivity index (χ3n) is 5.61. The molecule has 4 aromatic rings. The fourth-order valence-electron chi connectivity index (χ4n) is 3.63. The van der Waals surface area contributed by atoms with Crippen LogP contribution >= 0.6 is 11.3 Å². The number of carbonyl (C=O) groups excluding carboxylic acids is 2. The number of aryl methyl sites for hydroxylation is 2. The van der Waals surface area contributed by atoms with Gasteiger partial charge in [-0.1, -0.05) is 6.07 Å². The molecule has 0 radical (unpaired) electrons. The molecule has 0 aliphatic carbocycles. The summed E-state index contributed by atoms with van der Waals surface area (Å²) in [5, 5.41) is 9.48. The Bertz CT molecular complexity index is 1510. The molecule has 2 aromatic heterocycles. The Kier molecular flexibility index (Phi) is 7.88. The predicted octanol–water partition coefficient (Wildman–Crippen LogP) is 4.66. The summed E-state index contributed by atoms with van der Waals surface area (Å²) in [6.07, 6.45) is 0. The molecular weight excluding hydrogens is 494 g/mol. The van der Waals surface area contributed by atoms with Crippen LogP contribution < -0.4 is 20.3 Å². The van der Waals surface area contributed by atoms with Crippen LogP contribution in [-0.4, -0.2) is 41.5 Å². The molecule has 0 unspecified atom stereocenters. The highest BCUT2D eigenvalue weighted by Crippen LogP contribution is 2.31. The lowest BCUT2D eigenvalue weighted by molar-refractivity contribution is -0.118. The molecule has 10 heteroatoms. The molecule has 0 fully saturated rings. The standard InChI is InChI=1S/C27H27N3O6S/c1-5-34-19-9-11-20(12-10-19)36-14-22(31)28-25-23-21(15-37-25)24(27(33)35-6-2)29-30(26(23)32)18-8-7-16(3)17(4)13-18/h7-13,15H,5-6,14H2,1-4H3,(H,28,31). The zero-order valence-corrected chi connectivity index (χ0v) is 21.8. The van der Waals surface area contributed by atoms with E-state index >= 15 is 0 Å². The topological polar surface area (TPSA) is 109 Å². The number of thiophene rings is 1. The summed E-state index contributed by atoms with van der Waals surface area (Å²) in [6.45, 7) is 7.91. The van der Waals surface area contributed by atoms with E-state index in [4.69, 9.17) is 14.2 Å². The third kappa shape index (κ3) is 5.64. The molecule has 0 atom stereocenters. The van der Waals surface area contributed by atoms with Crippen molar-refractivity contribution in [1.29, 1.82) is 0 Å². The van der Waals surface area contributed by atoms with Crippen molar-refractivity contribution in [1.82, 2.24) is 9.78 Å². The van der Waals surface area contributed by atoms with Gasteiger partial charge >= 0.3 is 5.97 Å². The van der Waals surface area contributed by atoms with E-state index in [1.165, 1.54) is 4.68 Å². The van der Waals surface area contributed by atoms with Gasteiger partial charge in [0, 0.05) is 10.8 Å². The summed E-state index contributed by atoms with van der Waals surface area (Å²) in [4.78, 5) is 39.0. The molecule has 1 amide bonds. The normalized spacial score (nSPS) is 10.8. The number of fused-ring (bicyclic) bond motifs is 1. The van der Waals surface area contributed by atoms with Gasteiger partial charge in [0.2, 0.25) is 0 Å². The van der Waals surface area contributed by atoms with Crippen LogP contribution in [0.3, 0.4) is 0 Å². The maximum Gasteiger partial charge on any atom is 0.359 e. The number of benzene rings is 2.